The molecule has 1 saturated carbocycles. The van der Waals surface area contributed by atoms with Gasteiger partial charge in [-0.15, -0.1) is 0 Å². The van der Waals surface area contributed by atoms with Gasteiger partial charge in [-0.05, 0) is 23.5 Å². The SMILES string of the molecule is CC(C)Cc1ccc(C2CC(=O)C2(C)C)cc1. The first-order valence-electron chi connectivity index (χ1n) is 6.53. The lowest BCUT2D eigenvalue weighted by molar-refractivity contribution is -0.137. The third-order valence-electron chi connectivity index (χ3n) is 4.01. The summed E-state index contributed by atoms with van der Waals surface area (Å²) >= 11 is 0. The molecule has 0 aromatic heterocycles. The molecule has 0 N–H and O–H groups in total. The highest BCUT2D eigenvalue weighted by Crippen LogP contribution is 2.49. The maximum Gasteiger partial charge on any atom is 0.139 e. The Kier molecular flexibility index (Phi) is 3.11. The van der Waals surface area contributed by atoms with Crippen molar-refractivity contribution in [2.75, 3.05) is 0 Å². The molecule has 2 rings (SSSR count). The molecule has 1 aromatic carbocycles. The molecule has 17 heavy (non-hydrogen) atoms. The zero-order chi connectivity index (χ0) is 12.6. The summed E-state index contributed by atoms with van der Waals surface area (Å²) in [7, 11) is 0. The summed E-state index contributed by atoms with van der Waals surface area (Å²) in [4.78, 5) is 11.5. The summed E-state index contributed by atoms with van der Waals surface area (Å²) < 4.78 is 0. The van der Waals surface area contributed by atoms with Crippen molar-refractivity contribution in [2.24, 2.45) is 11.3 Å². The average molecular weight is 230 g/mol. The van der Waals surface area contributed by atoms with Crippen molar-refractivity contribution in [3.05, 3.63) is 35.4 Å². The van der Waals surface area contributed by atoms with Crippen molar-refractivity contribution in [2.45, 2.75) is 46.5 Å². The molecule has 0 aliphatic heterocycles. The summed E-state index contributed by atoms with van der Waals surface area (Å²) in [6.45, 7) is 8.60. The number of hydrogen-bond acceptors (Lipinski definition) is 1. The number of carbonyl (C=O) groups excluding carboxylic acids is 1. The van der Waals surface area contributed by atoms with Gasteiger partial charge < -0.3 is 0 Å². The predicted octanol–water partition coefficient (Wildman–Crippen LogP) is 3.97. The third kappa shape index (κ3) is 2.29. The van der Waals surface area contributed by atoms with Crippen LogP contribution in [0.4, 0.5) is 0 Å². The fourth-order valence-corrected chi connectivity index (χ4v) is 2.66. The van der Waals surface area contributed by atoms with Crippen molar-refractivity contribution in [3.8, 4) is 0 Å². The Hall–Kier alpha value is -1.11. The number of carbonyl (C=O) groups is 1. The second kappa shape index (κ2) is 4.29. The maximum atomic E-state index is 11.5. The normalized spacial score (nSPS) is 22.6. The zero-order valence-corrected chi connectivity index (χ0v) is 11.3. The molecule has 0 heterocycles. The molecule has 1 aromatic rings. The first-order chi connectivity index (χ1) is 7.91. The van der Waals surface area contributed by atoms with E-state index in [0.717, 1.165) is 12.8 Å². The molecule has 1 fully saturated rings. The lowest BCUT2D eigenvalue weighted by Crippen LogP contribution is -2.43. The largest absolute Gasteiger partial charge is 0.299 e. The maximum absolute atomic E-state index is 11.5. The van der Waals surface area contributed by atoms with Gasteiger partial charge in [0, 0.05) is 17.8 Å². The molecule has 0 bridgehead atoms. The minimum absolute atomic E-state index is 0.153. The van der Waals surface area contributed by atoms with Gasteiger partial charge in [-0.2, -0.15) is 0 Å². The van der Waals surface area contributed by atoms with E-state index in [9.17, 15) is 4.79 Å². The van der Waals surface area contributed by atoms with E-state index in [1.54, 1.807) is 0 Å². The van der Waals surface area contributed by atoms with E-state index >= 15 is 0 Å². The number of hydrogen-bond donors (Lipinski definition) is 0. The molecule has 0 amide bonds. The van der Waals surface area contributed by atoms with Crippen LogP contribution in [0.25, 0.3) is 0 Å². The van der Waals surface area contributed by atoms with Crippen LogP contribution in [0.5, 0.6) is 0 Å². The molecule has 1 unspecified atom stereocenters. The second-order valence-corrected chi connectivity index (χ2v) is 6.24. The molecule has 0 spiro atoms. The highest BCUT2D eigenvalue weighted by atomic mass is 16.1. The van der Waals surface area contributed by atoms with Gasteiger partial charge in [0.15, 0.2) is 0 Å². The van der Waals surface area contributed by atoms with Crippen LogP contribution in [0.15, 0.2) is 24.3 Å². The molecule has 1 aliphatic carbocycles. The smallest absolute Gasteiger partial charge is 0.139 e. The van der Waals surface area contributed by atoms with Crippen LogP contribution in [0.3, 0.4) is 0 Å². The van der Waals surface area contributed by atoms with Crippen LogP contribution in [-0.2, 0) is 11.2 Å². The average Bonchev–Trinajstić information content (AvgIpc) is 2.26. The summed E-state index contributed by atoms with van der Waals surface area (Å²) in [6.07, 6.45) is 1.85. The van der Waals surface area contributed by atoms with E-state index < -0.39 is 0 Å². The topological polar surface area (TPSA) is 17.1 Å². The van der Waals surface area contributed by atoms with Crippen LogP contribution in [-0.4, -0.2) is 5.78 Å². The van der Waals surface area contributed by atoms with E-state index in [4.69, 9.17) is 0 Å². The molecule has 92 valence electrons. The van der Waals surface area contributed by atoms with E-state index in [2.05, 4.69) is 52.0 Å². The van der Waals surface area contributed by atoms with Crippen LogP contribution < -0.4 is 0 Å². The Balaban J connectivity index is 2.12. The first-order valence-corrected chi connectivity index (χ1v) is 6.53. The molecule has 1 heteroatoms. The summed E-state index contributed by atoms with van der Waals surface area (Å²) in [5, 5.41) is 0. The highest BCUT2D eigenvalue weighted by Gasteiger charge is 2.47. The Morgan fingerprint density at radius 3 is 2.24 bits per heavy atom. The van der Waals surface area contributed by atoms with Gasteiger partial charge in [0.25, 0.3) is 0 Å². The Morgan fingerprint density at radius 1 is 1.24 bits per heavy atom. The van der Waals surface area contributed by atoms with Gasteiger partial charge in [0.1, 0.15) is 5.78 Å². The van der Waals surface area contributed by atoms with Gasteiger partial charge in [0.05, 0.1) is 0 Å². The van der Waals surface area contributed by atoms with Crippen molar-refractivity contribution >= 4 is 5.78 Å². The van der Waals surface area contributed by atoms with E-state index in [-0.39, 0.29) is 5.41 Å². The van der Waals surface area contributed by atoms with E-state index in [1.165, 1.54) is 11.1 Å². The third-order valence-corrected chi connectivity index (χ3v) is 4.01. The number of rotatable bonds is 3. The second-order valence-electron chi connectivity index (χ2n) is 6.24. The number of benzene rings is 1. The zero-order valence-electron chi connectivity index (χ0n) is 11.3. The quantitative estimate of drug-likeness (QED) is 0.768. The van der Waals surface area contributed by atoms with E-state index in [0.29, 0.717) is 17.6 Å². The van der Waals surface area contributed by atoms with Crippen LogP contribution >= 0.6 is 0 Å². The standard InChI is InChI=1S/C16H22O/c1-11(2)9-12-5-7-13(8-6-12)14-10-15(17)16(14,3)4/h5-8,11,14H,9-10H2,1-4H3. The lowest BCUT2D eigenvalue weighted by Gasteiger charge is -2.43. The van der Waals surface area contributed by atoms with Crippen LogP contribution in [0.1, 0.15) is 51.2 Å². The number of ketones is 1. The monoisotopic (exact) mass is 230 g/mol. The van der Waals surface area contributed by atoms with Gasteiger partial charge in [-0.1, -0.05) is 52.0 Å². The minimum atomic E-state index is -0.153. The predicted molar refractivity (Wildman–Crippen MR) is 71.1 cm³/mol. The minimum Gasteiger partial charge on any atom is -0.299 e. The highest BCUT2D eigenvalue weighted by molar-refractivity contribution is 5.92. The first kappa shape index (κ1) is 12.3. The molecule has 1 atom stereocenters. The van der Waals surface area contributed by atoms with Gasteiger partial charge in [0.2, 0.25) is 0 Å². The molecule has 1 aliphatic rings. The van der Waals surface area contributed by atoms with Crippen molar-refractivity contribution in [3.63, 3.8) is 0 Å². The van der Waals surface area contributed by atoms with Gasteiger partial charge >= 0.3 is 0 Å². The fraction of sp³-hybridized carbons (Fsp3) is 0.562. The van der Waals surface area contributed by atoms with Gasteiger partial charge in [-0.3, -0.25) is 4.79 Å². The molecule has 0 radical (unpaired) electrons. The van der Waals surface area contributed by atoms with E-state index in [1.807, 2.05) is 0 Å². The summed E-state index contributed by atoms with van der Waals surface area (Å²) in [5.74, 6) is 1.51. The molecule has 0 saturated heterocycles. The Labute approximate surface area is 104 Å². The van der Waals surface area contributed by atoms with Crippen molar-refractivity contribution in [1.82, 2.24) is 0 Å². The number of Topliss-reactive ketones (excluding diaryl/α,β-unsaturated/α-hetero) is 1. The summed E-state index contributed by atoms with van der Waals surface area (Å²) in [5.41, 5.74) is 2.56. The Morgan fingerprint density at radius 2 is 1.82 bits per heavy atom. The van der Waals surface area contributed by atoms with Crippen molar-refractivity contribution in [1.29, 1.82) is 0 Å². The lowest BCUT2D eigenvalue weighted by atomic mass is 9.59. The van der Waals surface area contributed by atoms with Crippen LogP contribution in [0, 0.1) is 11.3 Å². The summed E-state index contributed by atoms with van der Waals surface area (Å²) in [6, 6.07) is 8.84. The van der Waals surface area contributed by atoms with Gasteiger partial charge in [-0.25, -0.2) is 0 Å². The molecule has 1 nitrogen and oxygen atoms in total. The fourth-order valence-electron chi connectivity index (χ4n) is 2.66. The molecular formula is C16H22O. The van der Waals surface area contributed by atoms with Crippen LogP contribution in [0.2, 0.25) is 0 Å². The Bertz CT molecular complexity index is 412. The molecular weight excluding hydrogens is 208 g/mol. The van der Waals surface area contributed by atoms with Crippen molar-refractivity contribution < 1.29 is 4.79 Å².